The molecule has 0 saturated heterocycles. The molecule has 0 fully saturated rings. The molecule has 1 N–H and O–H groups in total. The van der Waals surface area contributed by atoms with Gasteiger partial charge in [0.2, 0.25) is 0 Å². The van der Waals surface area contributed by atoms with Gasteiger partial charge >= 0.3 is 0 Å². The van der Waals surface area contributed by atoms with E-state index in [0.29, 0.717) is 11.5 Å². The second-order valence-electron chi connectivity index (χ2n) is 3.48. The second-order valence-corrected chi connectivity index (χ2v) is 3.48. The fourth-order valence-corrected chi connectivity index (χ4v) is 1.19. The van der Waals surface area contributed by atoms with Crippen molar-refractivity contribution in [2.75, 3.05) is 11.9 Å². The number of rotatable bonds is 4. The quantitative estimate of drug-likeness (QED) is 0.763. The van der Waals surface area contributed by atoms with Crippen molar-refractivity contribution in [2.24, 2.45) is 0 Å². The number of nitriles is 1. The maximum absolute atomic E-state index is 8.90. The highest BCUT2D eigenvalue weighted by molar-refractivity contribution is 5.48. The zero-order chi connectivity index (χ0) is 11.3. The van der Waals surface area contributed by atoms with Crippen LogP contribution in [-0.2, 0) is 0 Å². The minimum atomic E-state index is 0.384. The zero-order valence-electron chi connectivity index (χ0n) is 9.46. The van der Waals surface area contributed by atoms with Crippen LogP contribution in [0.15, 0.2) is 0 Å². The number of hydrogen-bond donors (Lipinski definition) is 1. The molecule has 0 aromatic carbocycles. The van der Waals surface area contributed by atoms with Crippen molar-refractivity contribution in [1.82, 2.24) is 9.97 Å². The van der Waals surface area contributed by atoms with Gasteiger partial charge in [-0.05, 0) is 20.3 Å². The van der Waals surface area contributed by atoms with Crippen LogP contribution in [0.4, 0.5) is 5.82 Å². The molecule has 1 aromatic heterocycles. The Labute approximate surface area is 90.4 Å². The monoisotopic (exact) mass is 204 g/mol. The lowest BCUT2D eigenvalue weighted by Crippen LogP contribution is -2.08. The molecule has 0 radical (unpaired) electrons. The summed E-state index contributed by atoms with van der Waals surface area (Å²) in [5.41, 5.74) is 2.06. The van der Waals surface area contributed by atoms with Gasteiger partial charge in [0.05, 0.1) is 11.4 Å². The Kier molecular flexibility index (Phi) is 4.04. The van der Waals surface area contributed by atoms with E-state index in [1.807, 2.05) is 13.8 Å². The van der Waals surface area contributed by atoms with E-state index in [-0.39, 0.29) is 0 Å². The van der Waals surface area contributed by atoms with Gasteiger partial charge in [0, 0.05) is 6.54 Å². The average molecular weight is 204 g/mol. The van der Waals surface area contributed by atoms with Gasteiger partial charge in [0.15, 0.2) is 11.5 Å². The number of hydrogen-bond acceptors (Lipinski definition) is 4. The van der Waals surface area contributed by atoms with E-state index in [1.165, 1.54) is 0 Å². The lowest BCUT2D eigenvalue weighted by Gasteiger charge is -2.08. The molecule has 4 nitrogen and oxygen atoms in total. The highest BCUT2D eigenvalue weighted by Gasteiger charge is 2.07. The molecule has 0 aliphatic rings. The molecule has 0 unspecified atom stereocenters. The van der Waals surface area contributed by atoms with Gasteiger partial charge in [-0.15, -0.1) is 0 Å². The number of anilines is 1. The van der Waals surface area contributed by atoms with Gasteiger partial charge < -0.3 is 5.32 Å². The molecular formula is C11H16N4. The SMILES string of the molecule is CCCCNc1nc(C)c(C)nc1C#N. The molecule has 0 atom stereocenters. The van der Waals surface area contributed by atoms with Gasteiger partial charge in [-0.2, -0.15) is 5.26 Å². The van der Waals surface area contributed by atoms with E-state index in [4.69, 9.17) is 5.26 Å². The highest BCUT2D eigenvalue weighted by Crippen LogP contribution is 2.12. The first-order chi connectivity index (χ1) is 7.19. The fraction of sp³-hybridized carbons (Fsp3) is 0.545. The van der Waals surface area contributed by atoms with Gasteiger partial charge in [-0.3, -0.25) is 0 Å². The predicted molar refractivity (Wildman–Crippen MR) is 59.6 cm³/mol. The predicted octanol–water partition coefficient (Wildman–Crippen LogP) is 2.18. The average Bonchev–Trinajstić information content (AvgIpc) is 2.23. The van der Waals surface area contributed by atoms with Crippen molar-refractivity contribution in [2.45, 2.75) is 33.6 Å². The molecule has 0 saturated carbocycles. The maximum Gasteiger partial charge on any atom is 0.183 e. The molecule has 0 amide bonds. The Morgan fingerprint density at radius 2 is 1.93 bits per heavy atom. The summed E-state index contributed by atoms with van der Waals surface area (Å²) in [6.45, 7) is 6.72. The van der Waals surface area contributed by atoms with E-state index in [1.54, 1.807) is 0 Å². The molecule has 0 bridgehead atoms. The molecule has 0 aliphatic heterocycles. The van der Waals surface area contributed by atoms with Crippen molar-refractivity contribution in [3.63, 3.8) is 0 Å². The number of nitrogens with zero attached hydrogens (tertiary/aromatic N) is 3. The molecule has 1 heterocycles. The van der Waals surface area contributed by atoms with Crippen molar-refractivity contribution in [3.05, 3.63) is 17.1 Å². The lowest BCUT2D eigenvalue weighted by atomic mass is 10.3. The molecule has 4 heteroatoms. The van der Waals surface area contributed by atoms with E-state index < -0.39 is 0 Å². The summed E-state index contributed by atoms with van der Waals surface area (Å²) in [7, 11) is 0. The topological polar surface area (TPSA) is 61.6 Å². The Balaban J connectivity index is 2.86. The number of unbranched alkanes of at least 4 members (excludes halogenated alkanes) is 1. The van der Waals surface area contributed by atoms with E-state index >= 15 is 0 Å². The van der Waals surface area contributed by atoms with Gasteiger partial charge in [0.25, 0.3) is 0 Å². The number of nitrogens with one attached hydrogen (secondary N) is 1. The maximum atomic E-state index is 8.90. The summed E-state index contributed by atoms with van der Waals surface area (Å²) in [5, 5.41) is 12.0. The first-order valence-corrected chi connectivity index (χ1v) is 5.18. The first kappa shape index (κ1) is 11.4. The Morgan fingerprint density at radius 1 is 1.27 bits per heavy atom. The van der Waals surface area contributed by atoms with Gasteiger partial charge in [-0.25, -0.2) is 9.97 Å². The second kappa shape index (κ2) is 5.30. The molecule has 1 aromatic rings. The summed E-state index contributed by atoms with van der Waals surface area (Å²) in [6, 6.07) is 2.05. The van der Waals surface area contributed by atoms with Gasteiger partial charge in [-0.1, -0.05) is 13.3 Å². The minimum absolute atomic E-state index is 0.384. The Bertz CT molecular complexity index is 379. The Morgan fingerprint density at radius 3 is 2.53 bits per heavy atom. The largest absolute Gasteiger partial charge is 0.368 e. The van der Waals surface area contributed by atoms with Crippen molar-refractivity contribution < 1.29 is 0 Å². The molecule has 0 aliphatic carbocycles. The summed E-state index contributed by atoms with van der Waals surface area (Å²) in [6.07, 6.45) is 2.19. The number of aryl methyl sites for hydroxylation is 2. The zero-order valence-corrected chi connectivity index (χ0v) is 9.46. The standard InChI is InChI=1S/C11H16N4/c1-4-5-6-13-11-10(7-12)14-8(2)9(3)15-11/h4-6H2,1-3H3,(H,13,15). The molecule has 0 spiro atoms. The van der Waals surface area contributed by atoms with Crippen LogP contribution in [0.2, 0.25) is 0 Å². The van der Waals surface area contributed by atoms with Crippen LogP contribution >= 0.6 is 0 Å². The highest BCUT2D eigenvalue weighted by atomic mass is 15.0. The number of aromatic nitrogens is 2. The molecule has 1 rings (SSSR count). The van der Waals surface area contributed by atoms with Crippen LogP contribution in [0.25, 0.3) is 0 Å². The Hall–Kier alpha value is -1.63. The van der Waals surface area contributed by atoms with Crippen molar-refractivity contribution in [1.29, 1.82) is 5.26 Å². The molecule has 15 heavy (non-hydrogen) atoms. The minimum Gasteiger partial charge on any atom is -0.368 e. The van der Waals surface area contributed by atoms with Crippen LogP contribution in [-0.4, -0.2) is 16.5 Å². The van der Waals surface area contributed by atoms with Crippen LogP contribution in [0.1, 0.15) is 36.8 Å². The van der Waals surface area contributed by atoms with Crippen molar-refractivity contribution >= 4 is 5.82 Å². The summed E-state index contributed by atoms with van der Waals surface area (Å²) in [4.78, 5) is 8.50. The van der Waals surface area contributed by atoms with Gasteiger partial charge in [0.1, 0.15) is 6.07 Å². The normalized spacial score (nSPS) is 9.73. The third-order valence-electron chi connectivity index (χ3n) is 2.24. The van der Waals surface area contributed by atoms with E-state index in [2.05, 4.69) is 28.3 Å². The summed E-state index contributed by atoms with van der Waals surface area (Å²) in [5.74, 6) is 0.606. The molecule has 80 valence electrons. The van der Waals surface area contributed by atoms with Crippen LogP contribution in [0.3, 0.4) is 0 Å². The lowest BCUT2D eigenvalue weighted by molar-refractivity contribution is 0.827. The van der Waals surface area contributed by atoms with Crippen LogP contribution < -0.4 is 5.32 Å². The summed E-state index contributed by atoms with van der Waals surface area (Å²) < 4.78 is 0. The third-order valence-corrected chi connectivity index (χ3v) is 2.24. The van der Waals surface area contributed by atoms with Crippen LogP contribution in [0, 0.1) is 25.2 Å². The first-order valence-electron chi connectivity index (χ1n) is 5.18. The molecular weight excluding hydrogens is 188 g/mol. The fourth-order valence-electron chi connectivity index (χ4n) is 1.19. The van der Waals surface area contributed by atoms with Crippen LogP contribution in [0.5, 0.6) is 0 Å². The van der Waals surface area contributed by atoms with E-state index in [9.17, 15) is 0 Å². The van der Waals surface area contributed by atoms with Crippen molar-refractivity contribution in [3.8, 4) is 6.07 Å². The summed E-state index contributed by atoms with van der Waals surface area (Å²) >= 11 is 0. The third kappa shape index (κ3) is 2.91. The van der Waals surface area contributed by atoms with E-state index in [0.717, 1.165) is 30.8 Å². The smallest absolute Gasteiger partial charge is 0.183 e.